The number of nitrogen functional groups attached to an aromatic ring is 1. The van der Waals surface area contributed by atoms with Crippen molar-refractivity contribution in [3.05, 3.63) is 53.7 Å². The fourth-order valence-electron chi connectivity index (χ4n) is 2.19. The van der Waals surface area contributed by atoms with E-state index >= 15 is 0 Å². The van der Waals surface area contributed by atoms with E-state index in [1.807, 2.05) is 38.1 Å². The molecule has 0 atom stereocenters. The Morgan fingerprint density at radius 1 is 0.895 bits per heavy atom. The minimum absolute atomic E-state index is 0.551. The summed E-state index contributed by atoms with van der Waals surface area (Å²) >= 11 is 0. The van der Waals surface area contributed by atoms with Gasteiger partial charge in [0.1, 0.15) is 5.82 Å². The van der Waals surface area contributed by atoms with Crippen molar-refractivity contribution in [3.63, 3.8) is 0 Å². The van der Waals surface area contributed by atoms with Crippen LogP contribution in [0.3, 0.4) is 0 Å². The third-order valence-electron chi connectivity index (χ3n) is 3.46. The average molecular weight is 249 g/mol. The highest BCUT2D eigenvalue weighted by Crippen LogP contribution is 2.27. The van der Waals surface area contributed by atoms with E-state index in [1.54, 1.807) is 0 Å². The van der Waals surface area contributed by atoms with Gasteiger partial charge in [-0.25, -0.2) is 9.97 Å². The highest BCUT2D eigenvalue weighted by atomic mass is 15.0. The Kier molecular flexibility index (Phi) is 2.67. The monoisotopic (exact) mass is 249 g/mol. The van der Waals surface area contributed by atoms with Crippen molar-refractivity contribution in [2.75, 3.05) is 5.73 Å². The SMILES string of the molecule is Cc1nc(-c2cccc3ccccc23)nc(N)c1C. The third-order valence-corrected chi connectivity index (χ3v) is 3.46. The third kappa shape index (κ3) is 1.93. The maximum atomic E-state index is 5.95. The normalized spacial score (nSPS) is 10.8. The highest BCUT2D eigenvalue weighted by Gasteiger charge is 2.09. The van der Waals surface area contributed by atoms with E-state index in [2.05, 4.69) is 28.2 Å². The molecule has 0 amide bonds. The molecule has 0 saturated heterocycles. The highest BCUT2D eigenvalue weighted by molar-refractivity contribution is 5.95. The molecule has 3 rings (SSSR count). The summed E-state index contributed by atoms with van der Waals surface area (Å²) in [6.45, 7) is 3.90. The largest absolute Gasteiger partial charge is 0.383 e. The van der Waals surface area contributed by atoms with Crippen molar-refractivity contribution >= 4 is 16.6 Å². The zero-order valence-electron chi connectivity index (χ0n) is 11.0. The van der Waals surface area contributed by atoms with Crippen LogP contribution in [0, 0.1) is 13.8 Å². The summed E-state index contributed by atoms with van der Waals surface area (Å²) in [6, 6.07) is 14.4. The van der Waals surface area contributed by atoms with E-state index in [9.17, 15) is 0 Å². The first-order valence-electron chi connectivity index (χ1n) is 6.25. The van der Waals surface area contributed by atoms with Crippen molar-refractivity contribution in [2.24, 2.45) is 0 Å². The number of hydrogen-bond acceptors (Lipinski definition) is 3. The van der Waals surface area contributed by atoms with Gasteiger partial charge in [0.05, 0.1) is 0 Å². The van der Waals surface area contributed by atoms with Crippen LogP contribution in [0.4, 0.5) is 5.82 Å². The lowest BCUT2D eigenvalue weighted by atomic mass is 10.0. The summed E-state index contributed by atoms with van der Waals surface area (Å²) in [6.07, 6.45) is 0. The molecule has 0 bridgehead atoms. The standard InChI is InChI=1S/C16H15N3/c1-10-11(2)18-16(19-15(10)17)14-9-5-7-12-6-3-4-8-13(12)14/h3-9H,1-2H3,(H2,17,18,19). The fraction of sp³-hybridized carbons (Fsp3) is 0.125. The molecule has 0 aliphatic carbocycles. The van der Waals surface area contributed by atoms with Gasteiger partial charge < -0.3 is 5.73 Å². The molecule has 1 heterocycles. The number of aryl methyl sites for hydroxylation is 1. The van der Waals surface area contributed by atoms with Gasteiger partial charge in [0.2, 0.25) is 0 Å². The zero-order chi connectivity index (χ0) is 13.4. The van der Waals surface area contributed by atoms with Crippen molar-refractivity contribution in [1.29, 1.82) is 0 Å². The smallest absolute Gasteiger partial charge is 0.162 e. The minimum Gasteiger partial charge on any atom is -0.383 e. The summed E-state index contributed by atoms with van der Waals surface area (Å²) in [7, 11) is 0. The molecule has 3 nitrogen and oxygen atoms in total. The Labute approximate surface area is 112 Å². The molecule has 0 saturated carbocycles. The average Bonchev–Trinajstić information content (AvgIpc) is 2.43. The van der Waals surface area contributed by atoms with Crippen LogP contribution in [0.2, 0.25) is 0 Å². The lowest BCUT2D eigenvalue weighted by molar-refractivity contribution is 1.08. The van der Waals surface area contributed by atoms with E-state index in [0.29, 0.717) is 11.6 Å². The molecule has 1 aromatic heterocycles. The number of hydrogen-bond donors (Lipinski definition) is 1. The van der Waals surface area contributed by atoms with E-state index < -0.39 is 0 Å². The first-order chi connectivity index (χ1) is 9.16. The molecule has 3 heteroatoms. The summed E-state index contributed by atoms with van der Waals surface area (Å²) in [4.78, 5) is 8.98. The van der Waals surface area contributed by atoms with Gasteiger partial charge in [-0.2, -0.15) is 0 Å². The predicted octanol–water partition coefficient (Wildman–Crippen LogP) is 3.50. The van der Waals surface area contributed by atoms with E-state index in [0.717, 1.165) is 22.2 Å². The molecule has 2 aromatic carbocycles. The van der Waals surface area contributed by atoms with Crippen LogP contribution < -0.4 is 5.73 Å². The number of aromatic nitrogens is 2. The van der Waals surface area contributed by atoms with Gasteiger partial charge in [-0.1, -0.05) is 42.5 Å². The molecule has 3 aromatic rings. The van der Waals surface area contributed by atoms with Crippen molar-refractivity contribution < 1.29 is 0 Å². The second-order valence-electron chi connectivity index (χ2n) is 4.67. The number of rotatable bonds is 1. The molecule has 0 unspecified atom stereocenters. The van der Waals surface area contributed by atoms with Crippen LogP contribution in [0.5, 0.6) is 0 Å². The van der Waals surface area contributed by atoms with E-state index in [4.69, 9.17) is 5.73 Å². The van der Waals surface area contributed by atoms with Gasteiger partial charge in [-0.3, -0.25) is 0 Å². The molecule has 19 heavy (non-hydrogen) atoms. The van der Waals surface area contributed by atoms with Gasteiger partial charge in [0, 0.05) is 16.8 Å². The number of benzene rings is 2. The van der Waals surface area contributed by atoms with Crippen LogP contribution in [0.25, 0.3) is 22.2 Å². The molecule has 94 valence electrons. The Balaban J connectivity index is 2.31. The van der Waals surface area contributed by atoms with Crippen LogP contribution in [-0.2, 0) is 0 Å². The summed E-state index contributed by atoms with van der Waals surface area (Å²) in [5.41, 5.74) is 8.85. The maximum Gasteiger partial charge on any atom is 0.162 e. The second kappa shape index (κ2) is 4.35. The topological polar surface area (TPSA) is 51.8 Å². The van der Waals surface area contributed by atoms with Crippen LogP contribution in [0.1, 0.15) is 11.3 Å². The Morgan fingerprint density at radius 2 is 1.63 bits per heavy atom. The Morgan fingerprint density at radius 3 is 2.42 bits per heavy atom. The fourth-order valence-corrected chi connectivity index (χ4v) is 2.19. The predicted molar refractivity (Wildman–Crippen MR) is 78.9 cm³/mol. The molecular formula is C16H15N3. The van der Waals surface area contributed by atoms with Crippen molar-refractivity contribution in [2.45, 2.75) is 13.8 Å². The summed E-state index contributed by atoms with van der Waals surface area (Å²) in [5.74, 6) is 1.24. The quantitative estimate of drug-likeness (QED) is 0.718. The zero-order valence-corrected chi connectivity index (χ0v) is 11.0. The lowest BCUT2D eigenvalue weighted by Crippen LogP contribution is -2.02. The number of fused-ring (bicyclic) bond motifs is 1. The molecule has 2 N–H and O–H groups in total. The van der Waals surface area contributed by atoms with Gasteiger partial charge in [-0.15, -0.1) is 0 Å². The molecule has 0 spiro atoms. The Bertz CT molecular complexity index is 735. The van der Waals surface area contributed by atoms with Crippen LogP contribution >= 0.6 is 0 Å². The van der Waals surface area contributed by atoms with Gasteiger partial charge in [-0.05, 0) is 24.6 Å². The van der Waals surface area contributed by atoms with Crippen LogP contribution in [0.15, 0.2) is 42.5 Å². The first-order valence-corrected chi connectivity index (χ1v) is 6.25. The number of nitrogens with two attached hydrogens (primary N) is 1. The van der Waals surface area contributed by atoms with E-state index in [-0.39, 0.29) is 0 Å². The summed E-state index contributed by atoms with van der Waals surface area (Å²) in [5, 5.41) is 2.33. The Hall–Kier alpha value is -2.42. The number of nitrogens with zero attached hydrogens (tertiary/aromatic N) is 2. The summed E-state index contributed by atoms with van der Waals surface area (Å²) < 4.78 is 0. The van der Waals surface area contributed by atoms with Gasteiger partial charge in [0.25, 0.3) is 0 Å². The number of anilines is 1. The molecule has 0 fully saturated rings. The first kappa shape index (κ1) is 11.7. The molecule has 0 aliphatic heterocycles. The van der Waals surface area contributed by atoms with E-state index in [1.165, 1.54) is 5.39 Å². The molecule has 0 radical (unpaired) electrons. The molecule has 0 aliphatic rings. The van der Waals surface area contributed by atoms with Gasteiger partial charge >= 0.3 is 0 Å². The second-order valence-corrected chi connectivity index (χ2v) is 4.67. The van der Waals surface area contributed by atoms with Crippen molar-refractivity contribution in [1.82, 2.24) is 9.97 Å². The minimum atomic E-state index is 0.551. The van der Waals surface area contributed by atoms with Crippen molar-refractivity contribution in [3.8, 4) is 11.4 Å². The van der Waals surface area contributed by atoms with Gasteiger partial charge in [0.15, 0.2) is 5.82 Å². The maximum absolute atomic E-state index is 5.95. The lowest BCUT2D eigenvalue weighted by Gasteiger charge is -2.09. The molecular weight excluding hydrogens is 234 g/mol. The van der Waals surface area contributed by atoms with Crippen LogP contribution in [-0.4, -0.2) is 9.97 Å².